The molecule has 0 N–H and O–H groups in total. The molecular weight excluding hydrogens is 410 g/mol. The number of fused-ring (bicyclic) bond motifs is 3. The van der Waals surface area contributed by atoms with Gasteiger partial charge in [0.15, 0.2) is 0 Å². The van der Waals surface area contributed by atoms with Gasteiger partial charge in [0.05, 0.1) is 29.4 Å². The molecular formula is C25H18ClN3O2. The van der Waals surface area contributed by atoms with Crippen molar-refractivity contribution in [3.05, 3.63) is 94.0 Å². The fraction of sp³-hybridized carbons (Fsp3) is 0.0800. The highest BCUT2D eigenvalue weighted by atomic mass is 35.5. The van der Waals surface area contributed by atoms with Crippen LogP contribution in [0.25, 0.3) is 38.8 Å². The number of rotatable bonds is 3. The van der Waals surface area contributed by atoms with Crippen LogP contribution in [0.3, 0.4) is 0 Å². The fourth-order valence-corrected chi connectivity index (χ4v) is 3.99. The van der Waals surface area contributed by atoms with Crippen molar-refractivity contribution < 1.29 is 4.74 Å². The summed E-state index contributed by atoms with van der Waals surface area (Å²) >= 11 is 6.08. The summed E-state index contributed by atoms with van der Waals surface area (Å²) in [6, 6.07) is 22.4. The molecule has 0 aliphatic carbocycles. The first-order valence-electron chi connectivity index (χ1n) is 9.79. The Labute approximate surface area is 183 Å². The van der Waals surface area contributed by atoms with Gasteiger partial charge in [0, 0.05) is 22.0 Å². The van der Waals surface area contributed by atoms with Gasteiger partial charge in [-0.2, -0.15) is 0 Å². The summed E-state index contributed by atoms with van der Waals surface area (Å²) in [5.41, 5.74) is 3.37. The van der Waals surface area contributed by atoms with E-state index in [0.29, 0.717) is 38.9 Å². The lowest BCUT2D eigenvalue weighted by molar-refractivity contribution is 0.414. The van der Waals surface area contributed by atoms with E-state index in [2.05, 4.69) is 0 Å². The van der Waals surface area contributed by atoms with Crippen LogP contribution < -0.4 is 10.3 Å². The lowest BCUT2D eigenvalue weighted by atomic mass is 10.0. The van der Waals surface area contributed by atoms with E-state index < -0.39 is 0 Å². The molecule has 0 unspecified atom stereocenters. The Morgan fingerprint density at radius 2 is 1.71 bits per heavy atom. The van der Waals surface area contributed by atoms with Gasteiger partial charge < -0.3 is 4.74 Å². The normalized spacial score (nSPS) is 11.2. The number of methoxy groups -OCH3 is 1. The third kappa shape index (κ3) is 3.23. The summed E-state index contributed by atoms with van der Waals surface area (Å²) in [5, 5.41) is 1.94. The highest BCUT2D eigenvalue weighted by molar-refractivity contribution is 6.30. The highest BCUT2D eigenvalue weighted by Crippen LogP contribution is 2.31. The third-order valence-electron chi connectivity index (χ3n) is 5.31. The minimum atomic E-state index is -0.149. The zero-order valence-electron chi connectivity index (χ0n) is 17.0. The van der Waals surface area contributed by atoms with Crippen molar-refractivity contribution in [1.82, 2.24) is 14.5 Å². The summed E-state index contributed by atoms with van der Waals surface area (Å²) < 4.78 is 6.96. The number of hydrogen-bond acceptors (Lipinski definition) is 4. The van der Waals surface area contributed by atoms with E-state index in [1.54, 1.807) is 11.7 Å². The minimum absolute atomic E-state index is 0.149. The zero-order chi connectivity index (χ0) is 21.5. The van der Waals surface area contributed by atoms with Gasteiger partial charge in [-0.3, -0.25) is 9.36 Å². The van der Waals surface area contributed by atoms with Crippen LogP contribution in [-0.2, 0) is 0 Å². The summed E-state index contributed by atoms with van der Waals surface area (Å²) in [4.78, 5) is 23.5. The van der Waals surface area contributed by atoms with Crippen molar-refractivity contribution in [3.63, 3.8) is 0 Å². The summed E-state index contributed by atoms with van der Waals surface area (Å²) in [5.74, 6) is 1.24. The van der Waals surface area contributed by atoms with Crippen LogP contribution in [0.1, 0.15) is 5.82 Å². The number of aromatic nitrogens is 3. The molecule has 31 heavy (non-hydrogen) atoms. The number of nitrogens with zero attached hydrogens (tertiary/aromatic N) is 3. The van der Waals surface area contributed by atoms with E-state index in [-0.39, 0.29) is 5.56 Å². The lowest BCUT2D eigenvalue weighted by Crippen LogP contribution is -2.23. The summed E-state index contributed by atoms with van der Waals surface area (Å²) in [6.45, 7) is 1.82. The van der Waals surface area contributed by atoms with E-state index in [1.807, 2.05) is 79.7 Å². The molecule has 0 spiro atoms. The van der Waals surface area contributed by atoms with Crippen molar-refractivity contribution in [2.75, 3.05) is 7.11 Å². The molecule has 5 nitrogen and oxygen atoms in total. The second-order valence-electron chi connectivity index (χ2n) is 7.21. The number of hydrogen-bond donors (Lipinski definition) is 0. The maximum atomic E-state index is 13.8. The molecule has 3 aromatic carbocycles. The largest absolute Gasteiger partial charge is 0.497 e. The average Bonchev–Trinajstić information content (AvgIpc) is 2.79. The van der Waals surface area contributed by atoms with Crippen molar-refractivity contribution in [2.45, 2.75) is 6.92 Å². The smallest absolute Gasteiger partial charge is 0.266 e. The first-order chi connectivity index (χ1) is 15.1. The van der Waals surface area contributed by atoms with E-state index in [9.17, 15) is 4.79 Å². The van der Waals surface area contributed by atoms with Crippen molar-refractivity contribution in [2.24, 2.45) is 0 Å². The zero-order valence-corrected chi connectivity index (χ0v) is 17.7. The third-order valence-corrected chi connectivity index (χ3v) is 5.56. The van der Waals surface area contributed by atoms with Gasteiger partial charge in [-0.1, -0.05) is 48.0 Å². The van der Waals surface area contributed by atoms with Gasteiger partial charge in [0.1, 0.15) is 17.1 Å². The molecule has 0 radical (unpaired) electrons. The van der Waals surface area contributed by atoms with Gasteiger partial charge in [0.2, 0.25) is 0 Å². The van der Waals surface area contributed by atoms with E-state index >= 15 is 0 Å². The van der Waals surface area contributed by atoms with Gasteiger partial charge in [-0.05, 0) is 37.3 Å². The summed E-state index contributed by atoms with van der Waals surface area (Å²) in [7, 11) is 1.60. The van der Waals surface area contributed by atoms with E-state index in [0.717, 1.165) is 16.5 Å². The topological polar surface area (TPSA) is 57.0 Å². The molecule has 0 atom stereocenters. The maximum Gasteiger partial charge on any atom is 0.266 e. The molecule has 0 amide bonds. The maximum absolute atomic E-state index is 13.8. The van der Waals surface area contributed by atoms with Crippen LogP contribution in [0, 0.1) is 6.92 Å². The molecule has 2 aromatic heterocycles. The van der Waals surface area contributed by atoms with Crippen LogP contribution in [-0.4, -0.2) is 21.6 Å². The molecule has 0 saturated carbocycles. The number of halogens is 1. The Morgan fingerprint density at radius 1 is 0.935 bits per heavy atom. The SMILES string of the molecule is COc1cccc(-n2c(C)nc3c(-c4ccc(Cl)cc4)nc4ccccc4c3c2=O)c1. The first-order valence-corrected chi connectivity index (χ1v) is 10.2. The Balaban J connectivity index is 1.92. The van der Waals surface area contributed by atoms with Gasteiger partial charge >= 0.3 is 0 Å². The molecule has 6 heteroatoms. The molecule has 0 aliphatic heterocycles. The van der Waals surface area contributed by atoms with Gasteiger partial charge in [-0.25, -0.2) is 9.97 Å². The van der Waals surface area contributed by atoms with Crippen LogP contribution in [0.5, 0.6) is 5.75 Å². The molecule has 0 bridgehead atoms. The quantitative estimate of drug-likeness (QED) is 0.353. The molecule has 0 fully saturated rings. The van der Waals surface area contributed by atoms with Gasteiger partial charge in [0.25, 0.3) is 5.56 Å². The average molecular weight is 428 g/mol. The number of benzene rings is 3. The summed E-state index contributed by atoms with van der Waals surface area (Å²) in [6.07, 6.45) is 0. The monoisotopic (exact) mass is 427 g/mol. The van der Waals surface area contributed by atoms with Crippen LogP contribution in [0.4, 0.5) is 0 Å². The Kier molecular flexibility index (Phi) is 4.68. The highest BCUT2D eigenvalue weighted by Gasteiger charge is 2.18. The van der Waals surface area contributed by atoms with E-state index in [1.165, 1.54) is 0 Å². The Morgan fingerprint density at radius 3 is 2.48 bits per heavy atom. The van der Waals surface area contributed by atoms with Crippen molar-refractivity contribution in [1.29, 1.82) is 0 Å². The van der Waals surface area contributed by atoms with E-state index in [4.69, 9.17) is 26.3 Å². The minimum Gasteiger partial charge on any atom is -0.497 e. The van der Waals surface area contributed by atoms with Gasteiger partial charge in [-0.15, -0.1) is 0 Å². The predicted octanol–water partition coefficient (Wildman–Crippen LogP) is 5.57. The molecule has 5 rings (SSSR count). The van der Waals surface area contributed by atoms with Crippen LogP contribution in [0.2, 0.25) is 5.02 Å². The van der Waals surface area contributed by atoms with Crippen LogP contribution in [0.15, 0.2) is 77.6 Å². The Hall–Kier alpha value is -3.70. The standard InChI is InChI=1S/C25H18ClN3O2/c1-15-27-24-22(25(30)29(15)18-6-5-7-19(14-18)31-2)20-8-3-4-9-21(20)28-23(24)16-10-12-17(26)13-11-16/h3-14H,1-2H3. The molecule has 0 aliphatic rings. The van der Waals surface area contributed by atoms with Crippen LogP contribution >= 0.6 is 11.6 Å². The molecule has 152 valence electrons. The molecule has 5 aromatic rings. The lowest BCUT2D eigenvalue weighted by Gasteiger charge is -2.15. The van der Waals surface area contributed by atoms with Crippen molar-refractivity contribution in [3.8, 4) is 22.7 Å². The second kappa shape index (κ2) is 7.52. The molecule has 0 saturated heterocycles. The second-order valence-corrected chi connectivity index (χ2v) is 7.65. The molecule has 2 heterocycles. The van der Waals surface area contributed by atoms with Crippen molar-refractivity contribution >= 4 is 33.4 Å². The number of aryl methyl sites for hydroxylation is 1. The predicted molar refractivity (Wildman–Crippen MR) is 124 cm³/mol. The number of ether oxygens (including phenoxy) is 1. The first kappa shape index (κ1) is 19.3. The number of para-hydroxylation sites is 1. The fourth-order valence-electron chi connectivity index (χ4n) is 3.86. The Bertz CT molecular complexity index is 1510. The number of pyridine rings is 1.